The van der Waals surface area contributed by atoms with E-state index < -0.39 is 23.6 Å². The monoisotopic (exact) mass is 412 g/mol. The Morgan fingerprint density at radius 2 is 1.87 bits per heavy atom. The Morgan fingerprint density at radius 1 is 1.17 bits per heavy atom. The molecule has 2 atom stereocenters. The number of nitrogens with zero attached hydrogens (tertiary/aromatic N) is 1. The van der Waals surface area contributed by atoms with Gasteiger partial charge in [-0.25, -0.2) is 4.79 Å². The first kappa shape index (κ1) is 21.3. The molecule has 30 heavy (non-hydrogen) atoms. The highest BCUT2D eigenvalue weighted by Crippen LogP contribution is 2.30. The SMILES string of the molecule is COc1ccc([C@@]2(C)NC(=O)N(C[C@@H](O)COc3cccc(C(C)=O)c3)C2=O)cc1. The molecule has 1 aliphatic heterocycles. The zero-order valence-electron chi connectivity index (χ0n) is 17.0. The highest BCUT2D eigenvalue weighted by molar-refractivity contribution is 6.07. The van der Waals surface area contributed by atoms with Gasteiger partial charge in [-0.15, -0.1) is 0 Å². The molecule has 1 saturated heterocycles. The highest BCUT2D eigenvalue weighted by atomic mass is 16.5. The third kappa shape index (κ3) is 4.28. The van der Waals surface area contributed by atoms with Crippen LogP contribution in [0.25, 0.3) is 0 Å². The maximum Gasteiger partial charge on any atom is 0.325 e. The molecule has 2 aromatic carbocycles. The molecule has 3 amide bonds. The summed E-state index contributed by atoms with van der Waals surface area (Å²) in [6.45, 7) is 2.71. The highest BCUT2D eigenvalue weighted by Gasteiger charge is 2.49. The van der Waals surface area contributed by atoms with Gasteiger partial charge in [-0.1, -0.05) is 24.3 Å². The second-order valence-corrected chi connectivity index (χ2v) is 7.25. The quantitative estimate of drug-likeness (QED) is 0.508. The number of hydrogen-bond donors (Lipinski definition) is 2. The molecule has 1 aliphatic rings. The van der Waals surface area contributed by atoms with Gasteiger partial charge in [-0.3, -0.25) is 14.5 Å². The van der Waals surface area contributed by atoms with Gasteiger partial charge < -0.3 is 19.9 Å². The van der Waals surface area contributed by atoms with Crippen LogP contribution in [0.4, 0.5) is 4.79 Å². The maximum atomic E-state index is 12.9. The lowest BCUT2D eigenvalue weighted by Gasteiger charge is -2.23. The first-order valence-corrected chi connectivity index (χ1v) is 9.45. The van der Waals surface area contributed by atoms with E-state index in [2.05, 4.69) is 5.32 Å². The predicted octanol–water partition coefficient (Wildman–Crippen LogP) is 2.10. The lowest BCUT2D eigenvalue weighted by atomic mass is 9.92. The minimum absolute atomic E-state index is 0.0989. The Kier molecular flexibility index (Phi) is 6.07. The number of ether oxygens (including phenoxy) is 2. The number of urea groups is 1. The number of imide groups is 1. The summed E-state index contributed by atoms with van der Waals surface area (Å²) in [6, 6.07) is 12.8. The van der Waals surface area contributed by atoms with E-state index in [1.165, 1.54) is 6.92 Å². The van der Waals surface area contributed by atoms with Crippen molar-refractivity contribution in [3.05, 3.63) is 59.7 Å². The first-order valence-electron chi connectivity index (χ1n) is 9.45. The standard InChI is InChI=1S/C22H24N2O6/c1-14(25)15-5-4-6-19(11-15)30-13-17(26)12-24-20(27)22(2,23-21(24)28)16-7-9-18(29-3)10-8-16/h4-11,17,26H,12-13H2,1-3H3,(H,23,28)/t17-,22-/m1/s1. The zero-order valence-corrected chi connectivity index (χ0v) is 17.0. The van der Waals surface area contributed by atoms with Crippen molar-refractivity contribution in [1.29, 1.82) is 0 Å². The van der Waals surface area contributed by atoms with E-state index in [1.54, 1.807) is 62.6 Å². The molecule has 3 rings (SSSR count). The average molecular weight is 412 g/mol. The van der Waals surface area contributed by atoms with Gasteiger partial charge in [-0.05, 0) is 43.7 Å². The summed E-state index contributed by atoms with van der Waals surface area (Å²) in [7, 11) is 1.54. The lowest BCUT2D eigenvalue weighted by molar-refractivity contribution is -0.132. The van der Waals surface area contributed by atoms with Crippen molar-refractivity contribution in [1.82, 2.24) is 10.2 Å². The Morgan fingerprint density at radius 3 is 2.50 bits per heavy atom. The van der Waals surface area contributed by atoms with Crippen LogP contribution >= 0.6 is 0 Å². The van der Waals surface area contributed by atoms with Gasteiger partial charge in [-0.2, -0.15) is 0 Å². The van der Waals surface area contributed by atoms with Crippen molar-refractivity contribution in [2.75, 3.05) is 20.3 Å². The predicted molar refractivity (Wildman–Crippen MR) is 109 cm³/mol. The smallest absolute Gasteiger partial charge is 0.325 e. The Labute approximate surface area is 174 Å². The molecule has 0 unspecified atom stereocenters. The summed E-state index contributed by atoms with van der Waals surface area (Å²) in [4.78, 5) is 37.8. The van der Waals surface area contributed by atoms with Gasteiger partial charge in [0.15, 0.2) is 5.78 Å². The number of aliphatic hydroxyl groups is 1. The molecule has 1 fully saturated rings. The molecular weight excluding hydrogens is 388 g/mol. The molecule has 0 saturated carbocycles. The summed E-state index contributed by atoms with van der Waals surface area (Å²) in [5.74, 6) is 0.493. The largest absolute Gasteiger partial charge is 0.497 e. The van der Waals surface area contributed by atoms with Crippen molar-refractivity contribution in [2.45, 2.75) is 25.5 Å². The van der Waals surface area contributed by atoms with E-state index in [0.29, 0.717) is 22.6 Å². The van der Waals surface area contributed by atoms with Crippen molar-refractivity contribution < 1.29 is 29.0 Å². The van der Waals surface area contributed by atoms with Crippen LogP contribution in [0.5, 0.6) is 11.5 Å². The molecule has 8 heteroatoms. The van der Waals surface area contributed by atoms with Gasteiger partial charge in [0.05, 0.1) is 13.7 Å². The number of carbonyl (C=O) groups is 3. The van der Waals surface area contributed by atoms with E-state index in [1.807, 2.05) is 0 Å². The normalized spacial score (nSPS) is 19.4. The Bertz CT molecular complexity index is 958. The molecule has 0 radical (unpaired) electrons. The van der Waals surface area contributed by atoms with Crippen LogP contribution in [0, 0.1) is 0 Å². The van der Waals surface area contributed by atoms with E-state index in [0.717, 1.165) is 4.90 Å². The second kappa shape index (κ2) is 8.54. The number of β-amino-alcohol motifs (C(OH)–C–C–N with tert-alkyl or cyclic N) is 1. The van der Waals surface area contributed by atoms with Crippen molar-refractivity contribution in [3.8, 4) is 11.5 Å². The third-order valence-corrected chi connectivity index (χ3v) is 5.02. The molecular formula is C22H24N2O6. The molecule has 0 aromatic heterocycles. The molecule has 1 heterocycles. The fourth-order valence-electron chi connectivity index (χ4n) is 3.24. The van der Waals surface area contributed by atoms with Crippen molar-refractivity contribution >= 4 is 17.7 Å². The topological polar surface area (TPSA) is 105 Å². The van der Waals surface area contributed by atoms with Crippen LogP contribution in [0.3, 0.4) is 0 Å². The Hall–Kier alpha value is -3.39. The van der Waals surface area contributed by atoms with Crippen LogP contribution in [0.2, 0.25) is 0 Å². The van der Waals surface area contributed by atoms with E-state index in [-0.39, 0.29) is 18.9 Å². The summed E-state index contributed by atoms with van der Waals surface area (Å²) < 4.78 is 10.6. The third-order valence-electron chi connectivity index (χ3n) is 5.02. The van der Waals surface area contributed by atoms with Crippen molar-refractivity contribution in [2.24, 2.45) is 0 Å². The molecule has 0 aliphatic carbocycles. The number of carbonyl (C=O) groups excluding carboxylic acids is 3. The zero-order chi connectivity index (χ0) is 21.9. The number of Topliss-reactive ketones (excluding diaryl/α,β-unsaturated/α-hetero) is 1. The van der Waals surface area contributed by atoms with Crippen LogP contribution < -0.4 is 14.8 Å². The van der Waals surface area contributed by atoms with Gasteiger partial charge in [0, 0.05) is 5.56 Å². The van der Waals surface area contributed by atoms with Crippen LogP contribution in [0.1, 0.15) is 29.8 Å². The van der Waals surface area contributed by atoms with Gasteiger partial charge in [0.1, 0.15) is 29.7 Å². The molecule has 2 N–H and O–H groups in total. The number of aliphatic hydroxyl groups excluding tert-OH is 1. The number of ketones is 1. The van der Waals surface area contributed by atoms with E-state index >= 15 is 0 Å². The van der Waals surface area contributed by atoms with Crippen LogP contribution in [-0.4, -0.2) is 54.1 Å². The van der Waals surface area contributed by atoms with Gasteiger partial charge in [0.25, 0.3) is 5.91 Å². The van der Waals surface area contributed by atoms with Crippen LogP contribution in [-0.2, 0) is 10.3 Å². The summed E-state index contributed by atoms with van der Waals surface area (Å²) in [5.41, 5.74) is -0.137. The summed E-state index contributed by atoms with van der Waals surface area (Å²) in [5, 5.41) is 13.0. The van der Waals surface area contributed by atoms with Gasteiger partial charge in [0.2, 0.25) is 0 Å². The number of rotatable bonds is 8. The Balaban J connectivity index is 1.64. The average Bonchev–Trinajstić information content (AvgIpc) is 2.96. The summed E-state index contributed by atoms with van der Waals surface area (Å²) in [6.07, 6.45) is -1.10. The second-order valence-electron chi connectivity index (χ2n) is 7.25. The number of methoxy groups -OCH3 is 1. The molecule has 2 aromatic rings. The van der Waals surface area contributed by atoms with E-state index in [9.17, 15) is 19.5 Å². The number of amides is 3. The number of benzene rings is 2. The first-order chi connectivity index (χ1) is 14.2. The fraction of sp³-hybridized carbons (Fsp3) is 0.318. The van der Waals surface area contributed by atoms with Crippen molar-refractivity contribution in [3.63, 3.8) is 0 Å². The minimum atomic E-state index is -1.24. The molecule has 0 bridgehead atoms. The number of hydrogen-bond acceptors (Lipinski definition) is 6. The molecule has 158 valence electrons. The molecule has 0 spiro atoms. The molecule has 8 nitrogen and oxygen atoms in total. The van der Waals surface area contributed by atoms with E-state index in [4.69, 9.17) is 9.47 Å². The maximum absolute atomic E-state index is 12.9. The van der Waals surface area contributed by atoms with Crippen LogP contribution in [0.15, 0.2) is 48.5 Å². The number of nitrogens with one attached hydrogen (secondary N) is 1. The fourth-order valence-corrected chi connectivity index (χ4v) is 3.24. The van der Waals surface area contributed by atoms with Gasteiger partial charge >= 0.3 is 6.03 Å². The lowest BCUT2D eigenvalue weighted by Crippen LogP contribution is -2.42. The minimum Gasteiger partial charge on any atom is -0.497 e. The summed E-state index contributed by atoms with van der Waals surface area (Å²) >= 11 is 0.